The highest BCUT2D eigenvalue weighted by Crippen LogP contribution is 2.41. The van der Waals surface area contributed by atoms with Gasteiger partial charge in [0.15, 0.2) is 0 Å². The van der Waals surface area contributed by atoms with Crippen LogP contribution in [-0.4, -0.2) is 54.2 Å². The maximum Gasteiger partial charge on any atom is 0.239 e. The van der Waals surface area contributed by atoms with E-state index < -0.39 is 12.2 Å². The Labute approximate surface area is 108 Å². The molecule has 0 spiro atoms. The van der Waals surface area contributed by atoms with E-state index in [2.05, 4.69) is 15.0 Å². The number of nitrogens with zero attached hydrogens (tertiary/aromatic N) is 2. The lowest BCUT2D eigenvalue weighted by atomic mass is 9.96. The van der Waals surface area contributed by atoms with Gasteiger partial charge in [0.05, 0.1) is 17.7 Å². The molecule has 0 bridgehead atoms. The van der Waals surface area contributed by atoms with Crippen molar-refractivity contribution >= 4 is 11.0 Å². The van der Waals surface area contributed by atoms with Gasteiger partial charge in [-0.1, -0.05) is 0 Å². The van der Waals surface area contributed by atoms with E-state index in [1.165, 1.54) is 6.33 Å². The predicted octanol–water partition coefficient (Wildman–Crippen LogP) is -0.519. The maximum atomic E-state index is 10.1. The van der Waals surface area contributed by atoms with Crippen LogP contribution in [0.1, 0.15) is 17.9 Å². The lowest BCUT2D eigenvalue weighted by Gasteiger charge is -2.15. The number of aromatic nitrogens is 3. The molecule has 0 saturated heterocycles. The third-order valence-electron chi connectivity index (χ3n) is 3.91. The van der Waals surface area contributed by atoms with Crippen LogP contribution in [-0.2, 0) is 0 Å². The van der Waals surface area contributed by atoms with Crippen molar-refractivity contribution in [2.45, 2.75) is 24.5 Å². The molecule has 0 aromatic carbocycles. The second-order valence-electron chi connectivity index (χ2n) is 4.93. The van der Waals surface area contributed by atoms with Crippen LogP contribution in [0.5, 0.6) is 5.88 Å². The minimum absolute atomic E-state index is 0.150. The number of nitrogens with one attached hydrogen (secondary N) is 1. The van der Waals surface area contributed by atoms with Gasteiger partial charge in [0.2, 0.25) is 5.88 Å². The van der Waals surface area contributed by atoms with Gasteiger partial charge in [-0.05, 0) is 6.42 Å². The first kappa shape index (κ1) is 12.3. The molecule has 0 amide bonds. The Balaban J connectivity index is 2.04. The molecule has 0 radical (unpaired) electrons. The lowest BCUT2D eigenvalue weighted by Crippen LogP contribution is -2.28. The molecule has 19 heavy (non-hydrogen) atoms. The van der Waals surface area contributed by atoms with Crippen LogP contribution in [0.3, 0.4) is 0 Å². The molecule has 1 saturated carbocycles. The van der Waals surface area contributed by atoms with Gasteiger partial charge < -0.3 is 25.4 Å². The number of hydrogen-bond acceptors (Lipinski definition) is 6. The fraction of sp³-hybridized carbons (Fsp3) is 0.500. The zero-order chi connectivity index (χ0) is 13.6. The molecule has 0 aliphatic heterocycles. The average molecular weight is 265 g/mol. The first-order valence-corrected chi connectivity index (χ1v) is 6.11. The van der Waals surface area contributed by atoms with Gasteiger partial charge in [0.25, 0.3) is 0 Å². The van der Waals surface area contributed by atoms with Crippen LogP contribution < -0.4 is 0 Å². The zero-order valence-corrected chi connectivity index (χ0v) is 10.1. The van der Waals surface area contributed by atoms with Crippen molar-refractivity contribution in [3.05, 3.63) is 18.1 Å². The molecular weight excluding hydrogens is 250 g/mol. The van der Waals surface area contributed by atoms with Gasteiger partial charge in [-0.25, -0.2) is 9.97 Å². The summed E-state index contributed by atoms with van der Waals surface area (Å²) in [7, 11) is 0. The summed E-state index contributed by atoms with van der Waals surface area (Å²) in [5.74, 6) is -0.821. The number of aromatic amines is 1. The Morgan fingerprint density at radius 1 is 1.26 bits per heavy atom. The summed E-state index contributed by atoms with van der Waals surface area (Å²) in [6, 6.07) is 0. The van der Waals surface area contributed by atoms with Gasteiger partial charge in [-0.15, -0.1) is 0 Å². The Morgan fingerprint density at radius 3 is 2.74 bits per heavy atom. The minimum Gasteiger partial charge on any atom is -0.492 e. The van der Waals surface area contributed by atoms with Gasteiger partial charge >= 0.3 is 0 Å². The molecule has 7 nitrogen and oxygen atoms in total. The second-order valence-corrected chi connectivity index (χ2v) is 4.93. The molecule has 4 atom stereocenters. The molecule has 2 aromatic rings. The van der Waals surface area contributed by atoms with E-state index in [9.17, 15) is 20.4 Å². The number of hydrogen-bond donors (Lipinski definition) is 5. The molecule has 102 valence electrons. The quantitative estimate of drug-likeness (QED) is 0.498. The summed E-state index contributed by atoms with van der Waals surface area (Å²) >= 11 is 0. The van der Waals surface area contributed by atoms with E-state index in [0.29, 0.717) is 17.5 Å². The highest BCUT2D eigenvalue weighted by atomic mass is 16.3. The Hall–Kier alpha value is -1.70. The Morgan fingerprint density at radius 2 is 2.05 bits per heavy atom. The fourth-order valence-corrected chi connectivity index (χ4v) is 2.84. The van der Waals surface area contributed by atoms with E-state index >= 15 is 0 Å². The van der Waals surface area contributed by atoms with E-state index in [0.717, 1.165) is 5.56 Å². The summed E-state index contributed by atoms with van der Waals surface area (Å²) in [6.45, 7) is -0.169. The summed E-state index contributed by atoms with van der Waals surface area (Å²) in [4.78, 5) is 10.6. The number of fused-ring (bicyclic) bond motifs is 1. The maximum absolute atomic E-state index is 10.1. The third kappa shape index (κ3) is 1.78. The zero-order valence-electron chi connectivity index (χ0n) is 10.1. The summed E-state index contributed by atoms with van der Waals surface area (Å²) < 4.78 is 0. The SMILES string of the molecule is OC[C@H]1C[C@@H](c2c[nH]c3c(O)ncnc23)[C@@H](O)C1O. The lowest BCUT2D eigenvalue weighted by molar-refractivity contribution is 0.00241. The summed E-state index contributed by atoms with van der Waals surface area (Å²) in [5, 5.41) is 38.7. The van der Waals surface area contributed by atoms with Crippen molar-refractivity contribution < 1.29 is 20.4 Å². The molecule has 2 heterocycles. The molecule has 5 N–H and O–H groups in total. The Bertz CT molecular complexity index is 600. The first-order valence-electron chi connectivity index (χ1n) is 6.11. The van der Waals surface area contributed by atoms with Gasteiger partial charge in [-0.2, -0.15) is 0 Å². The normalized spacial score (nSPS) is 31.1. The van der Waals surface area contributed by atoms with Crippen molar-refractivity contribution in [1.82, 2.24) is 15.0 Å². The number of aromatic hydroxyl groups is 1. The highest BCUT2D eigenvalue weighted by Gasteiger charge is 2.42. The number of aliphatic hydroxyl groups is 3. The minimum atomic E-state index is -0.951. The molecule has 1 fully saturated rings. The number of H-pyrrole nitrogens is 1. The van der Waals surface area contributed by atoms with Crippen molar-refractivity contribution in [1.29, 1.82) is 0 Å². The highest BCUT2D eigenvalue weighted by molar-refractivity contribution is 5.83. The fourth-order valence-electron chi connectivity index (χ4n) is 2.84. The van der Waals surface area contributed by atoms with Crippen LogP contribution >= 0.6 is 0 Å². The van der Waals surface area contributed by atoms with E-state index in [4.69, 9.17) is 0 Å². The standard InChI is InChI=1S/C12H15N3O4/c16-3-5-1-6(11(18)10(5)17)7-2-13-9-8(7)14-4-15-12(9)19/h2,4-6,10-11,13,16-18H,1,3H2,(H,14,15,19)/t5-,6+,10?,11-/m1/s1. The molecule has 2 aromatic heterocycles. The van der Waals surface area contributed by atoms with Crippen molar-refractivity contribution in [2.24, 2.45) is 5.92 Å². The van der Waals surface area contributed by atoms with E-state index in [-0.39, 0.29) is 24.3 Å². The topological polar surface area (TPSA) is 122 Å². The van der Waals surface area contributed by atoms with Crippen LogP contribution in [0, 0.1) is 5.92 Å². The molecule has 1 aliphatic carbocycles. The first-order chi connectivity index (χ1) is 9.13. The van der Waals surface area contributed by atoms with Crippen molar-refractivity contribution in [3.63, 3.8) is 0 Å². The molecule has 3 rings (SSSR count). The molecular formula is C12H15N3O4. The van der Waals surface area contributed by atoms with Crippen molar-refractivity contribution in [2.75, 3.05) is 6.61 Å². The van der Waals surface area contributed by atoms with Crippen LogP contribution in [0.15, 0.2) is 12.5 Å². The molecule has 1 unspecified atom stereocenters. The van der Waals surface area contributed by atoms with Gasteiger partial charge in [-0.3, -0.25) is 0 Å². The van der Waals surface area contributed by atoms with Crippen molar-refractivity contribution in [3.8, 4) is 5.88 Å². The molecule has 7 heteroatoms. The second kappa shape index (κ2) is 4.44. The summed E-state index contributed by atoms with van der Waals surface area (Å²) in [5.41, 5.74) is 1.66. The monoisotopic (exact) mass is 265 g/mol. The Kier molecular flexibility index (Phi) is 2.89. The van der Waals surface area contributed by atoms with Gasteiger partial charge in [0, 0.05) is 30.2 Å². The number of aliphatic hydroxyl groups excluding tert-OH is 3. The van der Waals surface area contributed by atoms with Gasteiger partial charge in [0.1, 0.15) is 11.8 Å². The smallest absolute Gasteiger partial charge is 0.239 e. The van der Waals surface area contributed by atoms with Crippen LogP contribution in [0.2, 0.25) is 0 Å². The van der Waals surface area contributed by atoms with E-state index in [1.807, 2.05) is 0 Å². The van der Waals surface area contributed by atoms with Crippen LogP contribution in [0.4, 0.5) is 0 Å². The third-order valence-corrected chi connectivity index (χ3v) is 3.91. The average Bonchev–Trinajstić information content (AvgIpc) is 2.94. The van der Waals surface area contributed by atoms with Crippen LogP contribution in [0.25, 0.3) is 11.0 Å². The summed E-state index contributed by atoms with van der Waals surface area (Å²) in [6.07, 6.45) is 1.47. The predicted molar refractivity (Wildman–Crippen MR) is 65.5 cm³/mol. The number of rotatable bonds is 2. The molecule has 1 aliphatic rings. The largest absolute Gasteiger partial charge is 0.492 e. The van der Waals surface area contributed by atoms with E-state index in [1.54, 1.807) is 6.20 Å².